The summed E-state index contributed by atoms with van der Waals surface area (Å²) in [5, 5.41) is 10.7. The first-order chi connectivity index (χ1) is 7.58. The van der Waals surface area contributed by atoms with E-state index in [-0.39, 0.29) is 10.6 Å². The highest BCUT2D eigenvalue weighted by molar-refractivity contribution is 5.58. The maximum absolute atomic E-state index is 10.7. The van der Waals surface area contributed by atoms with Crippen LogP contribution in [-0.4, -0.2) is 37.0 Å². The number of nitro groups is 1. The first-order valence-corrected chi connectivity index (χ1v) is 5.25. The van der Waals surface area contributed by atoms with E-state index in [1.54, 1.807) is 12.1 Å². The molecule has 5 nitrogen and oxygen atoms in total. The summed E-state index contributed by atoms with van der Waals surface area (Å²) in [5.74, 6) is 0. The summed E-state index contributed by atoms with van der Waals surface area (Å²) in [4.78, 5) is 14.7. The van der Waals surface area contributed by atoms with Crippen LogP contribution < -0.4 is 4.90 Å². The van der Waals surface area contributed by atoms with Gasteiger partial charge in [-0.3, -0.25) is 10.1 Å². The van der Waals surface area contributed by atoms with Crippen LogP contribution in [-0.2, 0) is 6.54 Å². The van der Waals surface area contributed by atoms with Crippen molar-refractivity contribution in [1.82, 2.24) is 4.90 Å². The number of benzene rings is 1. The predicted octanol–water partition coefficient (Wildman–Crippen LogP) is 1.48. The Morgan fingerprint density at radius 3 is 2.75 bits per heavy atom. The van der Waals surface area contributed by atoms with Crippen LogP contribution in [0, 0.1) is 10.1 Å². The minimum absolute atomic E-state index is 0.169. The van der Waals surface area contributed by atoms with Crippen LogP contribution in [0.5, 0.6) is 0 Å². The van der Waals surface area contributed by atoms with Crippen LogP contribution >= 0.6 is 0 Å². The summed E-state index contributed by atoms with van der Waals surface area (Å²) in [6.07, 6.45) is 0. The average molecular weight is 221 g/mol. The summed E-state index contributed by atoms with van der Waals surface area (Å²) in [7, 11) is 4.05. The molecule has 1 aromatic carbocycles. The maximum atomic E-state index is 10.7. The highest BCUT2D eigenvalue weighted by Crippen LogP contribution is 2.27. The molecule has 0 aromatic heterocycles. The van der Waals surface area contributed by atoms with Crippen molar-refractivity contribution in [2.45, 2.75) is 6.54 Å². The van der Waals surface area contributed by atoms with Gasteiger partial charge in [-0.05, 0) is 18.7 Å². The Hall–Kier alpha value is -1.62. The maximum Gasteiger partial charge on any atom is 0.269 e. The molecule has 1 aromatic rings. The van der Waals surface area contributed by atoms with Gasteiger partial charge in [0.15, 0.2) is 0 Å². The SMILES string of the molecule is CN1CCN(C)c2ccc([N+](=O)[O-])cc2C1. The van der Waals surface area contributed by atoms with E-state index in [0.717, 1.165) is 30.9 Å². The highest BCUT2D eigenvalue weighted by Gasteiger charge is 2.17. The number of fused-ring (bicyclic) bond motifs is 1. The van der Waals surface area contributed by atoms with E-state index in [0.29, 0.717) is 0 Å². The van der Waals surface area contributed by atoms with Gasteiger partial charge in [0, 0.05) is 44.5 Å². The van der Waals surface area contributed by atoms with Crippen molar-refractivity contribution in [2.24, 2.45) is 0 Å². The van der Waals surface area contributed by atoms with Crippen LogP contribution in [0.25, 0.3) is 0 Å². The van der Waals surface area contributed by atoms with E-state index < -0.39 is 0 Å². The molecule has 0 spiro atoms. The fraction of sp³-hybridized carbons (Fsp3) is 0.455. The smallest absolute Gasteiger partial charge is 0.269 e. The second-order valence-electron chi connectivity index (χ2n) is 4.23. The van der Waals surface area contributed by atoms with Crippen molar-refractivity contribution in [3.05, 3.63) is 33.9 Å². The van der Waals surface area contributed by atoms with Crippen molar-refractivity contribution in [3.63, 3.8) is 0 Å². The summed E-state index contributed by atoms with van der Waals surface area (Å²) in [5.41, 5.74) is 2.29. The molecular formula is C11H15N3O2. The zero-order chi connectivity index (χ0) is 11.7. The quantitative estimate of drug-likeness (QED) is 0.532. The number of anilines is 1. The molecule has 1 heterocycles. The van der Waals surface area contributed by atoms with Crippen LogP contribution in [0.3, 0.4) is 0 Å². The van der Waals surface area contributed by atoms with Crippen LogP contribution in [0.15, 0.2) is 18.2 Å². The number of likely N-dealkylation sites (N-methyl/N-ethyl adjacent to an activating group) is 2. The first-order valence-electron chi connectivity index (χ1n) is 5.25. The Bertz CT molecular complexity index is 420. The third-order valence-electron chi connectivity index (χ3n) is 2.94. The lowest BCUT2D eigenvalue weighted by atomic mass is 10.1. The predicted molar refractivity (Wildman–Crippen MR) is 62.7 cm³/mol. The van der Waals surface area contributed by atoms with Gasteiger partial charge in [-0.25, -0.2) is 0 Å². The lowest BCUT2D eigenvalue weighted by Crippen LogP contribution is -2.26. The van der Waals surface area contributed by atoms with Crippen LogP contribution in [0.2, 0.25) is 0 Å². The van der Waals surface area contributed by atoms with E-state index >= 15 is 0 Å². The normalized spacial score (nSPS) is 16.8. The van der Waals surface area contributed by atoms with Gasteiger partial charge in [0.1, 0.15) is 0 Å². The van der Waals surface area contributed by atoms with Gasteiger partial charge in [-0.2, -0.15) is 0 Å². The van der Waals surface area contributed by atoms with E-state index in [9.17, 15) is 10.1 Å². The van der Waals surface area contributed by atoms with Crippen molar-refractivity contribution >= 4 is 11.4 Å². The third-order valence-corrected chi connectivity index (χ3v) is 2.94. The Kier molecular flexibility index (Phi) is 2.78. The Balaban J connectivity index is 2.43. The molecule has 0 atom stereocenters. The molecule has 0 radical (unpaired) electrons. The van der Waals surface area contributed by atoms with Gasteiger partial charge >= 0.3 is 0 Å². The second kappa shape index (κ2) is 4.09. The average Bonchev–Trinajstić information content (AvgIpc) is 2.38. The van der Waals surface area contributed by atoms with E-state index in [2.05, 4.69) is 9.80 Å². The molecule has 0 unspecified atom stereocenters. The van der Waals surface area contributed by atoms with Crippen molar-refractivity contribution in [1.29, 1.82) is 0 Å². The van der Waals surface area contributed by atoms with Gasteiger partial charge in [-0.1, -0.05) is 0 Å². The minimum Gasteiger partial charge on any atom is -0.373 e. The van der Waals surface area contributed by atoms with Gasteiger partial charge < -0.3 is 9.80 Å². The molecule has 0 amide bonds. The van der Waals surface area contributed by atoms with Gasteiger partial charge in [-0.15, -0.1) is 0 Å². The fourth-order valence-corrected chi connectivity index (χ4v) is 2.00. The largest absolute Gasteiger partial charge is 0.373 e. The van der Waals surface area contributed by atoms with E-state index in [4.69, 9.17) is 0 Å². The monoisotopic (exact) mass is 221 g/mol. The fourth-order valence-electron chi connectivity index (χ4n) is 2.00. The molecular weight excluding hydrogens is 206 g/mol. The standard InChI is InChI=1S/C11H15N3O2/c1-12-5-6-13(2)11-4-3-10(14(15)16)7-9(11)8-12/h3-4,7H,5-6,8H2,1-2H3. The molecule has 5 heteroatoms. The molecule has 2 rings (SSSR count). The zero-order valence-corrected chi connectivity index (χ0v) is 9.51. The van der Waals surface area contributed by atoms with Gasteiger partial charge in [0.05, 0.1) is 4.92 Å². The highest BCUT2D eigenvalue weighted by atomic mass is 16.6. The van der Waals surface area contributed by atoms with Crippen molar-refractivity contribution < 1.29 is 4.92 Å². The molecule has 16 heavy (non-hydrogen) atoms. The van der Waals surface area contributed by atoms with Crippen LogP contribution in [0.1, 0.15) is 5.56 Å². The molecule has 0 saturated heterocycles. The van der Waals surface area contributed by atoms with Crippen molar-refractivity contribution in [2.75, 3.05) is 32.1 Å². The molecule has 0 aliphatic carbocycles. The number of nitrogens with zero attached hydrogens (tertiary/aromatic N) is 3. The van der Waals surface area contributed by atoms with Crippen molar-refractivity contribution in [3.8, 4) is 0 Å². The molecule has 1 aliphatic rings. The van der Waals surface area contributed by atoms with Gasteiger partial charge in [0.25, 0.3) is 5.69 Å². The second-order valence-corrected chi connectivity index (χ2v) is 4.23. The topological polar surface area (TPSA) is 49.6 Å². The molecule has 0 saturated carbocycles. The minimum atomic E-state index is -0.342. The van der Waals surface area contributed by atoms with Crippen LogP contribution in [0.4, 0.5) is 11.4 Å². The summed E-state index contributed by atoms with van der Waals surface area (Å²) in [6, 6.07) is 5.08. The molecule has 86 valence electrons. The van der Waals surface area contributed by atoms with Gasteiger partial charge in [0.2, 0.25) is 0 Å². The lowest BCUT2D eigenvalue weighted by molar-refractivity contribution is -0.384. The molecule has 0 bridgehead atoms. The number of nitro benzene ring substituents is 1. The van der Waals surface area contributed by atoms with E-state index in [1.165, 1.54) is 0 Å². The lowest BCUT2D eigenvalue weighted by Gasteiger charge is -2.18. The molecule has 1 aliphatic heterocycles. The van der Waals surface area contributed by atoms with E-state index in [1.807, 2.05) is 20.2 Å². The first kappa shape index (κ1) is 10.9. The molecule has 0 N–H and O–H groups in total. The summed E-state index contributed by atoms with van der Waals surface area (Å²) in [6.45, 7) is 2.68. The number of rotatable bonds is 1. The summed E-state index contributed by atoms with van der Waals surface area (Å²) >= 11 is 0. The number of hydrogen-bond donors (Lipinski definition) is 0. The summed E-state index contributed by atoms with van der Waals surface area (Å²) < 4.78 is 0. The Morgan fingerprint density at radius 2 is 2.06 bits per heavy atom. The molecule has 0 fully saturated rings. The number of hydrogen-bond acceptors (Lipinski definition) is 4. The number of non-ortho nitro benzene ring substituents is 1. The Morgan fingerprint density at radius 1 is 1.31 bits per heavy atom. The Labute approximate surface area is 94.4 Å². The third kappa shape index (κ3) is 1.99. The zero-order valence-electron chi connectivity index (χ0n) is 9.51.